The first-order chi connectivity index (χ1) is 16.9. The predicted molar refractivity (Wildman–Crippen MR) is 144 cm³/mol. The van der Waals surface area contributed by atoms with Crippen molar-refractivity contribution < 1.29 is 23.8 Å². The molecule has 0 bridgehead atoms. The van der Waals surface area contributed by atoms with Gasteiger partial charge in [0.15, 0.2) is 11.5 Å². The van der Waals surface area contributed by atoms with Crippen molar-refractivity contribution in [3.63, 3.8) is 0 Å². The van der Waals surface area contributed by atoms with Crippen molar-refractivity contribution in [2.75, 3.05) is 32.7 Å². The Morgan fingerprint density at radius 2 is 1.80 bits per heavy atom. The smallest absolute Gasteiger partial charge is 0.266 e. The highest BCUT2D eigenvalue weighted by molar-refractivity contribution is 8.26. The summed E-state index contributed by atoms with van der Waals surface area (Å²) in [5.74, 6) is 1.88. The molecule has 0 unspecified atom stereocenters. The van der Waals surface area contributed by atoms with Crippen molar-refractivity contribution in [2.45, 2.75) is 32.6 Å². The van der Waals surface area contributed by atoms with Crippen molar-refractivity contribution in [1.82, 2.24) is 4.90 Å². The molecule has 1 aliphatic heterocycles. The molecule has 35 heavy (non-hydrogen) atoms. The third-order valence-electron chi connectivity index (χ3n) is 5.31. The van der Waals surface area contributed by atoms with Crippen molar-refractivity contribution >= 4 is 51.9 Å². The zero-order valence-electron chi connectivity index (χ0n) is 20.2. The Morgan fingerprint density at radius 1 is 1.06 bits per heavy atom. The number of ether oxygens (including phenoxy) is 3. The molecule has 0 aliphatic carbocycles. The number of carbonyl (C=O) groups is 2. The van der Waals surface area contributed by atoms with Gasteiger partial charge < -0.3 is 19.5 Å². The van der Waals surface area contributed by atoms with Crippen LogP contribution >= 0.6 is 24.0 Å². The van der Waals surface area contributed by atoms with E-state index in [2.05, 4.69) is 5.32 Å². The number of methoxy groups -OCH3 is 2. The first-order valence-electron chi connectivity index (χ1n) is 11.4. The number of benzene rings is 2. The summed E-state index contributed by atoms with van der Waals surface area (Å²) in [7, 11) is 3.15. The number of anilines is 1. The number of thiocarbonyl (C=S) groups is 1. The number of nitrogens with zero attached hydrogens (tertiary/aromatic N) is 1. The number of hydrogen-bond acceptors (Lipinski definition) is 7. The van der Waals surface area contributed by atoms with Crippen LogP contribution in [0.4, 0.5) is 5.69 Å². The third kappa shape index (κ3) is 7.47. The highest BCUT2D eigenvalue weighted by atomic mass is 32.2. The molecule has 1 saturated heterocycles. The molecule has 0 atom stereocenters. The van der Waals surface area contributed by atoms with E-state index in [0.717, 1.165) is 36.3 Å². The number of carbonyl (C=O) groups excluding carboxylic acids is 2. The minimum atomic E-state index is -0.0944. The average Bonchev–Trinajstić information content (AvgIpc) is 3.12. The van der Waals surface area contributed by atoms with E-state index in [-0.39, 0.29) is 11.8 Å². The molecular weight excluding hydrogens is 484 g/mol. The van der Waals surface area contributed by atoms with Gasteiger partial charge in [-0.3, -0.25) is 14.5 Å². The lowest BCUT2D eigenvalue weighted by atomic mass is 10.1. The second-order valence-electron chi connectivity index (χ2n) is 7.76. The highest BCUT2D eigenvalue weighted by Gasteiger charge is 2.31. The fourth-order valence-corrected chi connectivity index (χ4v) is 4.85. The summed E-state index contributed by atoms with van der Waals surface area (Å²) in [6.07, 6.45) is 4.56. The summed E-state index contributed by atoms with van der Waals surface area (Å²) >= 11 is 6.72. The number of nitrogens with one attached hydrogen (secondary N) is 1. The van der Waals surface area contributed by atoms with Crippen LogP contribution in [-0.2, 0) is 9.59 Å². The molecule has 186 valence electrons. The summed E-state index contributed by atoms with van der Waals surface area (Å²) in [5.41, 5.74) is 1.58. The molecular formula is C26H30N2O5S2. The van der Waals surface area contributed by atoms with Gasteiger partial charge in [-0.1, -0.05) is 36.5 Å². The minimum absolute atomic E-state index is 0.0300. The first kappa shape index (κ1) is 26.6. The van der Waals surface area contributed by atoms with Gasteiger partial charge in [0.25, 0.3) is 5.91 Å². The molecule has 0 spiro atoms. The van der Waals surface area contributed by atoms with Gasteiger partial charge in [-0.05, 0) is 67.8 Å². The Morgan fingerprint density at radius 3 is 2.49 bits per heavy atom. The van der Waals surface area contributed by atoms with E-state index in [0.29, 0.717) is 40.3 Å². The zero-order chi connectivity index (χ0) is 25.2. The fraction of sp³-hybridized carbons (Fsp3) is 0.346. The molecule has 2 aromatic carbocycles. The Kier molecular flexibility index (Phi) is 9.98. The quantitative estimate of drug-likeness (QED) is 0.228. The topological polar surface area (TPSA) is 77.1 Å². The van der Waals surface area contributed by atoms with Crippen LogP contribution < -0.4 is 19.5 Å². The Labute approximate surface area is 215 Å². The standard InChI is InChI=1S/C26H30N2O5S2/c1-4-33-20-12-10-19(11-13-20)27-24(29)8-6-5-7-15-28-25(30)23(35-26(28)34)17-18-9-14-21(31-2)22(16-18)32-3/h9-14,16-17H,4-8,15H2,1-3H3,(H,27,29). The summed E-state index contributed by atoms with van der Waals surface area (Å²) in [5, 5.41) is 2.89. The number of amides is 2. The van der Waals surface area contributed by atoms with Gasteiger partial charge in [-0.15, -0.1) is 0 Å². The van der Waals surface area contributed by atoms with Crippen molar-refractivity contribution in [2.24, 2.45) is 0 Å². The van der Waals surface area contributed by atoms with E-state index in [1.807, 2.05) is 49.4 Å². The molecule has 1 fully saturated rings. The average molecular weight is 515 g/mol. The van der Waals surface area contributed by atoms with Crippen molar-refractivity contribution in [3.05, 3.63) is 52.9 Å². The number of unbranched alkanes of at least 4 members (excludes halogenated alkanes) is 2. The summed E-state index contributed by atoms with van der Waals surface area (Å²) in [4.78, 5) is 27.3. The summed E-state index contributed by atoms with van der Waals surface area (Å²) in [6.45, 7) is 3.07. The first-order valence-corrected chi connectivity index (χ1v) is 12.7. The number of thioether (sulfide) groups is 1. The van der Waals surface area contributed by atoms with E-state index < -0.39 is 0 Å². The minimum Gasteiger partial charge on any atom is -0.494 e. The molecule has 0 aromatic heterocycles. The second kappa shape index (κ2) is 13.2. The summed E-state index contributed by atoms with van der Waals surface area (Å²) < 4.78 is 16.6. The monoisotopic (exact) mass is 514 g/mol. The number of hydrogen-bond donors (Lipinski definition) is 1. The lowest BCUT2D eigenvalue weighted by Gasteiger charge is -2.14. The maximum Gasteiger partial charge on any atom is 0.266 e. The van der Waals surface area contributed by atoms with Gasteiger partial charge in [-0.2, -0.15) is 0 Å². The van der Waals surface area contributed by atoms with E-state index in [1.165, 1.54) is 11.8 Å². The molecule has 2 amide bonds. The van der Waals surface area contributed by atoms with Gasteiger partial charge in [0, 0.05) is 18.7 Å². The molecule has 0 radical (unpaired) electrons. The molecule has 1 N–H and O–H groups in total. The van der Waals surface area contributed by atoms with Crippen LogP contribution in [0.2, 0.25) is 0 Å². The summed E-state index contributed by atoms with van der Waals surface area (Å²) in [6, 6.07) is 12.8. The van der Waals surface area contributed by atoms with Crippen molar-refractivity contribution in [3.8, 4) is 17.2 Å². The normalized spacial score (nSPS) is 14.4. The Hall–Kier alpha value is -3.04. The molecule has 2 aromatic rings. The number of rotatable bonds is 12. The van der Waals surface area contributed by atoms with Gasteiger partial charge >= 0.3 is 0 Å². The van der Waals surface area contributed by atoms with E-state index >= 15 is 0 Å². The molecule has 7 nitrogen and oxygen atoms in total. The van der Waals surface area contributed by atoms with E-state index in [4.69, 9.17) is 26.4 Å². The lowest BCUT2D eigenvalue weighted by molar-refractivity contribution is -0.122. The Balaban J connectivity index is 1.43. The maximum atomic E-state index is 12.9. The molecule has 0 saturated carbocycles. The van der Waals surface area contributed by atoms with E-state index in [9.17, 15) is 9.59 Å². The van der Waals surface area contributed by atoms with Gasteiger partial charge in [0.05, 0.1) is 25.7 Å². The lowest BCUT2D eigenvalue weighted by Crippen LogP contribution is -2.29. The molecule has 3 rings (SSSR count). The largest absolute Gasteiger partial charge is 0.494 e. The van der Waals surface area contributed by atoms with Gasteiger partial charge in [-0.25, -0.2) is 0 Å². The fourth-order valence-electron chi connectivity index (χ4n) is 3.54. The molecule has 9 heteroatoms. The Bertz CT molecular complexity index is 1090. The van der Waals surface area contributed by atoms with Crippen LogP contribution in [0.5, 0.6) is 17.2 Å². The highest BCUT2D eigenvalue weighted by Crippen LogP contribution is 2.34. The SMILES string of the molecule is CCOc1ccc(NC(=O)CCCCCN2C(=O)C(=Cc3ccc(OC)c(OC)c3)SC2=S)cc1. The van der Waals surface area contributed by atoms with Gasteiger partial charge in [0.1, 0.15) is 10.1 Å². The van der Waals surface area contributed by atoms with Crippen LogP contribution in [0, 0.1) is 0 Å². The van der Waals surface area contributed by atoms with E-state index in [1.54, 1.807) is 25.2 Å². The molecule has 1 aliphatic rings. The maximum absolute atomic E-state index is 12.9. The van der Waals surface area contributed by atoms with Crippen LogP contribution in [0.1, 0.15) is 38.2 Å². The second-order valence-corrected chi connectivity index (χ2v) is 9.44. The third-order valence-corrected chi connectivity index (χ3v) is 6.69. The van der Waals surface area contributed by atoms with Crippen LogP contribution in [0.3, 0.4) is 0 Å². The van der Waals surface area contributed by atoms with Crippen LogP contribution in [-0.4, -0.2) is 48.4 Å². The zero-order valence-corrected chi connectivity index (χ0v) is 21.8. The van der Waals surface area contributed by atoms with Crippen molar-refractivity contribution in [1.29, 1.82) is 0 Å². The van der Waals surface area contributed by atoms with Crippen LogP contribution in [0.15, 0.2) is 47.4 Å². The van der Waals surface area contributed by atoms with Crippen LogP contribution in [0.25, 0.3) is 6.08 Å². The predicted octanol–water partition coefficient (Wildman–Crippen LogP) is 5.50. The molecule has 1 heterocycles. The van der Waals surface area contributed by atoms with Gasteiger partial charge in [0.2, 0.25) is 5.91 Å².